The standard InChI is InChI=1S/C20H17N3O3S/c24-20(15-27(25,26)19-9-5-2-6-10-19)21-16-11-13-18(14-12-16)23-22-17-7-3-1-4-8-17/h1-14H,15H2,(H,21,24). The second-order valence-corrected chi connectivity index (χ2v) is 7.69. The van der Waals surface area contributed by atoms with Gasteiger partial charge in [-0.1, -0.05) is 36.4 Å². The van der Waals surface area contributed by atoms with Crippen molar-refractivity contribution in [3.8, 4) is 0 Å². The summed E-state index contributed by atoms with van der Waals surface area (Å²) < 4.78 is 24.4. The predicted octanol–water partition coefficient (Wildman–Crippen LogP) is 4.51. The quantitative estimate of drug-likeness (QED) is 0.639. The molecule has 1 N–H and O–H groups in total. The molecular formula is C20H17N3O3S. The van der Waals surface area contributed by atoms with Gasteiger partial charge in [0.1, 0.15) is 5.75 Å². The van der Waals surface area contributed by atoms with Gasteiger partial charge >= 0.3 is 0 Å². The Balaban J connectivity index is 1.61. The molecule has 136 valence electrons. The average Bonchev–Trinajstić information content (AvgIpc) is 2.68. The summed E-state index contributed by atoms with van der Waals surface area (Å²) in [6.45, 7) is 0. The zero-order chi connectivity index (χ0) is 19.1. The monoisotopic (exact) mass is 379 g/mol. The first-order chi connectivity index (χ1) is 13.0. The van der Waals surface area contributed by atoms with E-state index in [0.717, 1.165) is 5.69 Å². The lowest BCUT2D eigenvalue weighted by Crippen LogP contribution is -2.22. The molecule has 0 unspecified atom stereocenters. The smallest absolute Gasteiger partial charge is 0.239 e. The number of rotatable bonds is 6. The van der Waals surface area contributed by atoms with Gasteiger partial charge in [-0.25, -0.2) is 8.42 Å². The second kappa shape index (κ2) is 8.37. The van der Waals surface area contributed by atoms with Crippen LogP contribution in [-0.2, 0) is 14.6 Å². The van der Waals surface area contributed by atoms with E-state index >= 15 is 0 Å². The van der Waals surface area contributed by atoms with E-state index in [1.807, 2.05) is 30.3 Å². The van der Waals surface area contributed by atoms with E-state index < -0.39 is 21.5 Å². The van der Waals surface area contributed by atoms with Gasteiger partial charge in [0, 0.05) is 5.69 Å². The lowest BCUT2D eigenvalue weighted by Gasteiger charge is -2.06. The fourth-order valence-electron chi connectivity index (χ4n) is 2.30. The molecular weight excluding hydrogens is 362 g/mol. The molecule has 6 nitrogen and oxygen atoms in total. The van der Waals surface area contributed by atoms with E-state index in [1.165, 1.54) is 12.1 Å². The molecule has 0 saturated carbocycles. The SMILES string of the molecule is O=C(CS(=O)(=O)c1ccccc1)Nc1ccc(N=Nc2ccccc2)cc1. The second-order valence-electron chi connectivity index (χ2n) is 5.70. The third-order valence-corrected chi connectivity index (χ3v) is 5.24. The fourth-order valence-corrected chi connectivity index (χ4v) is 3.46. The van der Waals surface area contributed by atoms with Crippen LogP contribution in [0.1, 0.15) is 0 Å². The van der Waals surface area contributed by atoms with Crippen molar-refractivity contribution in [1.82, 2.24) is 0 Å². The maximum atomic E-state index is 12.2. The molecule has 0 radical (unpaired) electrons. The molecule has 27 heavy (non-hydrogen) atoms. The van der Waals surface area contributed by atoms with Crippen LogP contribution in [0.25, 0.3) is 0 Å². The Labute approximate surface area is 157 Å². The van der Waals surface area contributed by atoms with Crippen molar-refractivity contribution in [1.29, 1.82) is 0 Å². The molecule has 0 heterocycles. The van der Waals surface area contributed by atoms with E-state index in [-0.39, 0.29) is 4.90 Å². The van der Waals surface area contributed by atoms with Crippen molar-refractivity contribution in [3.05, 3.63) is 84.9 Å². The number of azo groups is 1. The number of hydrogen-bond acceptors (Lipinski definition) is 5. The summed E-state index contributed by atoms with van der Waals surface area (Å²) in [6.07, 6.45) is 0. The number of nitrogens with one attached hydrogen (secondary N) is 1. The lowest BCUT2D eigenvalue weighted by molar-refractivity contribution is -0.113. The maximum Gasteiger partial charge on any atom is 0.239 e. The van der Waals surface area contributed by atoms with Crippen LogP contribution >= 0.6 is 0 Å². The van der Waals surface area contributed by atoms with Crippen LogP contribution in [-0.4, -0.2) is 20.1 Å². The van der Waals surface area contributed by atoms with E-state index in [1.54, 1.807) is 42.5 Å². The Morgan fingerprint density at radius 3 is 1.85 bits per heavy atom. The first kappa shape index (κ1) is 18.5. The number of carbonyl (C=O) groups excluding carboxylic acids is 1. The van der Waals surface area contributed by atoms with Crippen LogP contribution in [0.2, 0.25) is 0 Å². The van der Waals surface area contributed by atoms with Gasteiger partial charge in [-0.3, -0.25) is 4.79 Å². The molecule has 0 aliphatic heterocycles. The molecule has 0 atom stereocenters. The van der Waals surface area contributed by atoms with Crippen molar-refractivity contribution in [3.63, 3.8) is 0 Å². The van der Waals surface area contributed by atoms with E-state index in [2.05, 4.69) is 15.5 Å². The summed E-state index contributed by atoms with van der Waals surface area (Å²) in [4.78, 5) is 12.2. The number of amides is 1. The first-order valence-corrected chi connectivity index (χ1v) is 9.83. The highest BCUT2D eigenvalue weighted by Crippen LogP contribution is 2.20. The van der Waals surface area contributed by atoms with Crippen LogP contribution in [0, 0.1) is 0 Å². The van der Waals surface area contributed by atoms with Gasteiger partial charge in [-0.05, 0) is 48.5 Å². The fraction of sp³-hybridized carbons (Fsp3) is 0.0500. The summed E-state index contributed by atoms with van der Waals surface area (Å²) in [7, 11) is -3.67. The minimum atomic E-state index is -3.67. The molecule has 3 aromatic carbocycles. The van der Waals surface area contributed by atoms with Crippen molar-refractivity contribution in [2.45, 2.75) is 4.90 Å². The highest BCUT2D eigenvalue weighted by atomic mass is 32.2. The first-order valence-electron chi connectivity index (χ1n) is 8.17. The number of anilines is 1. The van der Waals surface area contributed by atoms with Gasteiger partial charge in [0.15, 0.2) is 9.84 Å². The Kier molecular flexibility index (Phi) is 5.73. The highest BCUT2D eigenvalue weighted by molar-refractivity contribution is 7.92. The zero-order valence-corrected chi connectivity index (χ0v) is 15.1. The van der Waals surface area contributed by atoms with Gasteiger partial charge in [0.25, 0.3) is 0 Å². The Morgan fingerprint density at radius 2 is 1.26 bits per heavy atom. The van der Waals surface area contributed by atoms with Crippen LogP contribution in [0.3, 0.4) is 0 Å². The van der Waals surface area contributed by atoms with Crippen LogP contribution in [0.5, 0.6) is 0 Å². The molecule has 3 rings (SSSR count). The van der Waals surface area contributed by atoms with Crippen molar-refractivity contribution >= 4 is 32.8 Å². The van der Waals surface area contributed by atoms with Gasteiger partial charge in [0.05, 0.1) is 16.3 Å². The van der Waals surface area contributed by atoms with Crippen molar-refractivity contribution < 1.29 is 13.2 Å². The molecule has 0 fully saturated rings. The van der Waals surface area contributed by atoms with Crippen LogP contribution < -0.4 is 5.32 Å². The normalized spacial score (nSPS) is 11.4. The topological polar surface area (TPSA) is 88.0 Å². The number of nitrogens with zero attached hydrogens (tertiary/aromatic N) is 2. The molecule has 7 heteroatoms. The largest absolute Gasteiger partial charge is 0.325 e. The van der Waals surface area contributed by atoms with Crippen molar-refractivity contribution in [2.75, 3.05) is 11.1 Å². The molecule has 0 aliphatic rings. The predicted molar refractivity (Wildman–Crippen MR) is 104 cm³/mol. The minimum Gasteiger partial charge on any atom is -0.325 e. The summed E-state index contributed by atoms with van der Waals surface area (Å²) in [5, 5.41) is 10.8. The summed E-state index contributed by atoms with van der Waals surface area (Å²) >= 11 is 0. The van der Waals surface area contributed by atoms with Gasteiger partial charge in [0.2, 0.25) is 5.91 Å². The number of hydrogen-bond donors (Lipinski definition) is 1. The third kappa shape index (κ3) is 5.32. The lowest BCUT2D eigenvalue weighted by atomic mass is 10.3. The van der Waals surface area contributed by atoms with Crippen molar-refractivity contribution in [2.24, 2.45) is 10.2 Å². The highest BCUT2D eigenvalue weighted by Gasteiger charge is 2.19. The van der Waals surface area contributed by atoms with Crippen LogP contribution in [0.4, 0.5) is 17.1 Å². The number of sulfone groups is 1. The molecule has 1 amide bonds. The Hall–Kier alpha value is -3.32. The van der Waals surface area contributed by atoms with E-state index in [0.29, 0.717) is 11.4 Å². The van der Waals surface area contributed by atoms with Gasteiger partial charge in [-0.2, -0.15) is 10.2 Å². The Morgan fingerprint density at radius 1 is 0.741 bits per heavy atom. The van der Waals surface area contributed by atoms with Gasteiger partial charge < -0.3 is 5.32 Å². The minimum absolute atomic E-state index is 0.122. The summed E-state index contributed by atoms with van der Waals surface area (Å²) in [5.41, 5.74) is 1.84. The average molecular weight is 379 g/mol. The Bertz CT molecular complexity index is 1030. The number of carbonyl (C=O) groups is 1. The molecule has 0 aromatic heterocycles. The molecule has 0 saturated heterocycles. The van der Waals surface area contributed by atoms with E-state index in [9.17, 15) is 13.2 Å². The van der Waals surface area contributed by atoms with E-state index in [4.69, 9.17) is 0 Å². The molecule has 0 spiro atoms. The molecule has 0 aliphatic carbocycles. The van der Waals surface area contributed by atoms with Gasteiger partial charge in [-0.15, -0.1) is 0 Å². The maximum absolute atomic E-state index is 12.2. The number of benzene rings is 3. The summed E-state index contributed by atoms with van der Waals surface area (Å²) in [5.74, 6) is -1.22. The summed E-state index contributed by atoms with van der Waals surface area (Å²) in [6, 6.07) is 23.9. The zero-order valence-electron chi connectivity index (χ0n) is 14.3. The molecule has 3 aromatic rings. The molecule has 0 bridgehead atoms. The third-order valence-electron chi connectivity index (χ3n) is 3.61. The van der Waals surface area contributed by atoms with Crippen LogP contribution in [0.15, 0.2) is 100 Å².